The molecule has 0 aromatic heterocycles. The van der Waals surface area contributed by atoms with Crippen LogP contribution < -0.4 is 5.32 Å². The number of nitro benzene ring substituents is 1. The molecule has 1 aromatic rings. The lowest BCUT2D eigenvalue weighted by Gasteiger charge is -2.51. The maximum absolute atomic E-state index is 12.8. The standard InChI is InChI=1S/C21H26N2O5S2/c1-13(19(24)22-17-6-3-7-18(12-17)23(26)27)28-20(25)14-10-15-4-2-5-16(11-14)21(15)29-8-9-30-21/h3,6-7,12-16H,2,4-5,8-11H2,1H3,(H,22,24)/t13-,14?,15-,16+/m1/s1. The van der Waals surface area contributed by atoms with E-state index in [0.717, 1.165) is 12.8 Å². The van der Waals surface area contributed by atoms with Crippen molar-refractivity contribution < 1.29 is 19.2 Å². The van der Waals surface area contributed by atoms with Crippen molar-refractivity contribution in [3.8, 4) is 0 Å². The van der Waals surface area contributed by atoms with Gasteiger partial charge in [-0.1, -0.05) is 12.5 Å². The first-order valence-electron chi connectivity index (χ1n) is 10.4. The first kappa shape index (κ1) is 21.5. The van der Waals surface area contributed by atoms with Gasteiger partial charge < -0.3 is 10.1 Å². The number of nitrogens with one attached hydrogen (secondary N) is 1. The topological polar surface area (TPSA) is 98.5 Å². The summed E-state index contributed by atoms with van der Waals surface area (Å²) >= 11 is 4.19. The molecule has 1 unspecified atom stereocenters. The number of carbonyl (C=O) groups excluding carboxylic acids is 2. The molecule has 4 rings (SSSR count). The molecule has 1 N–H and O–H groups in total. The lowest BCUT2D eigenvalue weighted by atomic mass is 9.67. The smallest absolute Gasteiger partial charge is 0.309 e. The van der Waals surface area contributed by atoms with Crippen molar-refractivity contribution in [3.63, 3.8) is 0 Å². The van der Waals surface area contributed by atoms with Crippen molar-refractivity contribution in [3.05, 3.63) is 34.4 Å². The van der Waals surface area contributed by atoms with E-state index in [1.54, 1.807) is 13.0 Å². The zero-order valence-corrected chi connectivity index (χ0v) is 18.5. The summed E-state index contributed by atoms with van der Waals surface area (Å²) in [5.41, 5.74) is 0.198. The summed E-state index contributed by atoms with van der Waals surface area (Å²) in [5, 5.41) is 13.5. The molecule has 2 bridgehead atoms. The van der Waals surface area contributed by atoms with E-state index < -0.39 is 16.9 Å². The minimum Gasteiger partial charge on any atom is -0.452 e. The quantitative estimate of drug-likeness (QED) is 0.401. The molecule has 1 saturated heterocycles. The summed E-state index contributed by atoms with van der Waals surface area (Å²) in [4.78, 5) is 35.7. The summed E-state index contributed by atoms with van der Waals surface area (Å²) in [7, 11) is 0. The molecule has 0 radical (unpaired) electrons. The molecule has 2 aliphatic carbocycles. The number of hydrogen-bond donors (Lipinski definition) is 1. The Labute approximate surface area is 184 Å². The number of anilines is 1. The molecule has 30 heavy (non-hydrogen) atoms. The molecule has 3 fully saturated rings. The number of nitrogens with zero attached hydrogens (tertiary/aromatic N) is 1. The van der Waals surface area contributed by atoms with Gasteiger partial charge in [-0.15, -0.1) is 23.5 Å². The molecular formula is C21H26N2O5S2. The summed E-state index contributed by atoms with van der Waals surface area (Å²) < 4.78 is 5.81. The Morgan fingerprint density at radius 2 is 1.90 bits per heavy atom. The van der Waals surface area contributed by atoms with Crippen LogP contribution in [-0.2, 0) is 14.3 Å². The number of rotatable bonds is 5. The molecule has 2 saturated carbocycles. The summed E-state index contributed by atoms with van der Waals surface area (Å²) in [6, 6.07) is 5.70. The number of esters is 1. The summed E-state index contributed by atoms with van der Waals surface area (Å²) in [5.74, 6) is 2.53. The van der Waals surface area contributed by atoms with Crippen molar-refractivity contribution in [1.29, 1.82) is 0 Å². The van der Waals surface area contributed by atoms with Gasteiger partial charge >= 0.3 is 5.97 Å². The third-order valence-corrected chi connectivity index (χ3v) is 10.5. The van der Waals surface area contributed by atoms with E-state index in [4.69, 9.17) is 4.74 Å². The minimum absolute atomic E-state index is 0.109. The molecule has 9 heteroatoms. The average molecular weight is 451 g/mol. The van der Waals surface area contributed by atoms with Crippen molar-refractivity contribution in [1.82, 2.24) is 0 Å². The molecule has 1 amide bonds. The molecule has 4 atom stereocenters. The summed E-state index contributed by atoms with van der Waals surface area (Å²) in [6.07, 6.45) is 4.31. The highest BCUT2D eigenvalue weighted by Gasteiger charge is 2.55. The first-order chi connectivity index (χ1) is 14.4. The highest BCUT2D eigenvalue weighted by atomic mass is 32.2. The van der Waals surface area contributed by atoms with Gasteiger partial charge in [0, 0.05) is 29.3 Å². The Hall–Kier alpha value is -1.74. The number of nitro groups is 1. The fourth-order valence-electron chi connectivity index (χ4n) is 5.07. The molecule has 3 aliphatic rings. The number of non-ortho nitro benzene ring substituents is 1. The van der Waals surface area contributed by atoms with Crippen molar-refractivity contribution >= 4 is 46.8 Å². The summed E-state index contributed by atoms with van der Waals surface area (Å²) in [6.45, 7) is 1.54. The second-order valence-corrected chi connectivity index (χ2v) is 11.3. The zero-order chi connectivity index (χ0) is 21.3. The van der Waals surface area contributed by atoms with Gasteiger partial charge in [0.05, 0.1) is 14.9 Å². The fraction of sp³-hybridized carbons (Fsp3) is 0.619. The molecule has 1 spiro atoms. The van der Waals surface area contributed by atoms with E-state index in [1.807, 2.05) is 0 Å². The second kappa shape index (κ2) is 8.78. The molecule has 1 aliphatic heterocycles. The maximum atomic E-state index is 12.8. The van der Waals surface area contributed by atoms with Crippen LogP contribution in [0, 0.1) is 27.9 Å². The first-order valence-corrected chi connectivity index (χ1v) is 12.4. The van der Waals surface area contributed by atoms with Crippen LogP contribution in [0.1, 0.15) is 39.0 Å². The van der Waals surface area contributed by atoms with Crippen molar-refractivity contribution in [2.75, 3.05) is 16.8 Å². The maximum Gasteiger partial charge on any atom is 0.309 e. The van der Waals surface area contributed by atoms with E-state index in [1.165, 1.54) is 49.0 Å². The number of benzene rings is 1. The van der Waals surface area contributed by atoms with E-state index >= 15 is 0 Å². The molecule has 1 heterocycles. The Morgan fingerprint density at radius 3 is 2.53 bits per heavy atom. The van der Waals surface area contributed by atoms with Crippen LogP contribution in [0.4, 0.5) is 11.4 Å². The number of thioether (sulfide) groups is 2. The van der Waals surface area contributed by atoms with E-state index in [9.17, 15) is 19.7 Å². The number of amides is 1. The van der Waals surface area contributed by atoms with Crippen molar-refractivity contribution in [2.45, 2.75) is 49.2 Å². The Morgan fingerprint density at radius 1 is 1.23 bits per heavy atom. The van der Waals surface area contributed by atoms with E-state index in [-0.39, 0.29) is 17.6 Å². The van der Waals surface area contributed by atoms with Crippen molar-refractivity contribution in [2.24, 2.45) is 17.8 Å². The minimum atomic E-state index is -0.956. The molecule has 1 aromatic carbocycles. The van der Waals surface area contributed by atoms with Gasteiger partial charge in [0.2, 0.25) is 0 Å². The van der Waals surface area contributed by atoms with Gasteiger partial charge in [0.25, 0.3) is 11.6 Å². The molecule has 7 nitrogen and oxygen atoms in total. The van der Waals surface area contributed by atoms with Gasteiger partial charge in [-0.25, -0.2) is 0 Å². The second-order valence-electron chi connectivity index (χ2n) is 8.29. The van der Waals surface area contributed by atoms with Crippen LogP contribution in [-0.4, -0.2) is 38.5 Å². The largest absolute Gasteiger partial charge is 0.452 e. The highest BCUT2D eigenvalue weighted by Crippen LogP contribution is 2.64. The van der Waals surface area contributed by atoms with E-state index in [0.29, 0.717) is 21.6 Å². The normalized spacial score (nSPS) is 28.0. The van der Waals surface area contributed by atoms with Gasteiger partial charge in [-0.3, -0.25) is 19.7 Å². The average Bonchev–Trinajstić information content (AvgIpc) is 3.17. The van der Waals surface area contributed by atoms with Gasteiger partial charge in [0.15, 0.2) is 6.10 Å². The molecule has 162 valence electrons. The third-order valence-electron chi connectivity index (χ3n) is 6.44. The SMILES string of the molecule is C[C@@H](OC(=O)C1C[C@H]2CCC[C@@H](C1)C21SCCS1)C(=O)Nc1cccc([N+](=O)[O-])c1. The fourth-order valence-corrected chi connectivity index (χ4v) is 9.00. The molecular weight excluding hydrogens is 424 g/mol. The lowest BCUT2D eigenvalue weighted by Crippen LogP contribution is -2.48. The lowest BCUT2D eigenvalue weighted by molar-refractivity contribution is -0.384. The third kappa shape index (κ3) is 4.19. The van der Waals surface area contributed by atoms with Crippen LogP contribution in [0.25, 0.3) is 0 Å². The van der Waals surface area contributed by atoms with Crippen LogP contribution >= 0.6 is 23.5 Å². The Kier molecular flexibility index (Phi) is 6.29. The Balaban J connectivity index is 1.35. The van der Waals surface area contributed by atoms with Gasteiger partial charge in [0.1, 0.15) is 0 Å². The van der Waals surface area contributed by atoms with Crippen LogP contribution in [0.2, 0.25) is 0 Å². The highest BCUT2D eigenvalue weighted by molar-refractivity contribution is 8.21. The van der Waals surface area contributed by atoms with Crippen LogP contribution in [0.5, 0.6) is 0 Å². The number of ether oxygens (including phenoxy) is 1. The van der Waals surface area contributed by atoms with Crippen LogP contribution in [0.15, 0.2) is 24.3 Å². The number of carbonyl (C=O) groups is 2. The monoisotopic (exact) mass is 450 g/mol. The Bertz CT molecular complexity index is 826. The van der Waals surface area contributed by atoms with Gasteiger partial charge in [-0.05, 0) is 50.5 Å². The zero-order valence-electron chi connectivity index (χ0n) is 16.9. The van der Waals surface area contributed by atoms with E-state index in [2.05, 4.69) is 28.8 Å². The predicted octanol–water partition coefficient (Wildman–Crippen LogP) is 4.47. The van der Waals surface area contributed by atoms with Gasteiger partial charge in [-0.2, -0.15) is 0 Å². The number of hydrogen-bond acceptors (Lipinski definition) is 7. The predicted molar refractivity (Wildman–Crippen MR) is 118 cm³/mol. The van der Waals surface area contributed by atoms with Crippen LogP contribution in [0.3, 0.4) is 0 Å².